The quantitative estimate of drug-likeness (QED) is 0.0262. The molecule has 0 aromatic rings. The monoisotopic (exact) mass is 865 g/mol. The van der Waals surface area contributed by atoms with Crippen molar-refractivity contribution in [2.75, 3.05) is 13.2 Å². The molecule has 0 saturated carbocycles. The highest BCUT2D eigenvalue weighted by Crippen LogP contribution is 2.14. The van der Waals surface area contributed by atoms with Crippen LogP contribution >= 0.6 is 0 Å². The SMILES string of the molecule is CC/C=C\C/C=C\C/C=C\C/C=C\CCC(=O)OC(COC(=O)CCCCCCCCCCCC)COC(=O)CCCCCCCCCCC/C=C\C/C=C\CCCCCCC. The van der Waals surface area contributed by atoms with Crippen LogP contribution in [0.15, 0.2) is 72.9 Å². The molecule has 0 fully saturated rings. The van der Waals surface area contributed by atoms with E-state index in [-0.39, 0.29) is 31.6 Å². The summed E-state index contributed by atoms with van der Waals surface area (Å²) in [7, 11) is 0. The Morgan fingerprint density at radius 2 is 0.661 bits per heavy atom. The van der Waals surface area contributed by atoms with Gasteiger partial charge in [0.05, 0.1) is 0 Å². The standard InChI is InChI=1S/C56H96O6/c1-4-7-10-13-16-19-22-24-25-26-27-28-29-30-31-33-34-37-40-43-46-49-55(58)61-52-53(51-60-54(57)48-45-42-39-36-21-18-15-12-9-6-3)62-56(59)50-47-44-41-38-35-32-23-20-17-14-11-8-5-2/h8,11,17,20,22,24,26-27,32,35,41,44,53H,4-7,9-10,12-16,18-19,21,23,25,28-31,33-34,36-40,42-43,45-52H2,1-3H3/b11-8-,20-17-,24-22-,27-26-,35-32-,44-41-. The molecular weight excluding hydrogens is 769 g/mol. The van der Waals surface area contributed by atoms with E-state index < -0.39 is 12.1 Å². The molecule has 1 unspecified atom stereocenters. The third-order valence-electron chi connectivity index (χ3n) is 11.0. The van der Waals surface area contributed by atoms with E-state index in [0.717, 1.165) is 70.6 Å². The molecule has 6 heteroatoms. The summed E-state index contributed by atoms with van der Waals surface area (Å²) in [5.74, 6) is -0.991. The largest absolute Gasteiger partial charge is 0.462 e. The van der Waals surface area contributed by atoms with Crippen LogP contribution < -0.4 is 0 Å². The van der Waals surface area contributed by atoms with E-state index in [2.05, 4.69) is 81.5 Å². The molecule has 0 aliphatic carbocycles. The highest BCUT2D eigenvalue weighted by Gasteiger charge is 2.19. The van der Waals surface area contributed by atoms with Crippen LogP contribution in [0, 0.1) is 0 Å². The van der Waals surface area contributed by atoms with Gasteiger partial charge in [-0.15, -0.1) is 0 Å². The molecule has 1 atom stereocenters. The molecule has 0 N–H and O–H groups in total. The lowest BCUT2D eigenvalue weighted by Gasteiger charge is -2.18. The summed E-state index contributed by atoms with van der Waals surface area (Å²) in [5, 5.41) is 0. The number of hydrogen-bond acceptors (Lipinski definition) is 6. The Hall–Kier alpha value is -3.15. The van der Waals surface area contributed by atoms with Crippen LogP contribution in [0.3, 0.4) is 0 Å². The lowest BCUT2D eigenvalue weighted by atomic mass is 10.1. The van der Waals surface area contributed by atoms with Gasteiger partial charge in [-0.05, 0) is 77.0 Å². The van der Waals surface area contributed by atoms with Crippen molar-refractivity contribution in [3.8, 4) is 0 Å². The molecule has 0 rings (SSSR count). The molecule has 62 heavy (non-hydrogen) atoms. The van der Waals surface area contributed by atoms with Gasteiger partial charge in [0.25, 0.3) is 0 Å². The molecule has 0 saturated heterocycles. The van der Waals surface area contributed by atoms with Crippen molar-refractivity contribution in [2.24, 2.45) is 0 Å². The molecule has 0 spiro atoms. The van der Waals surface area contributed by atoms with E-state index >= 15 is 0 Å². The van der Waals surface area contributed by atoms with Gasteiger partial charge in [0.1, 0.15) is 13.2 Å². The van der Waals surface area contributed by atoms with Crippen LogP contribution in [-0.2, 0) is 28.6 Å². The molecule has 0 amide bonds. The van der Waals surface area contributed by atoms with Gasteiger partial charge in [-0.25, -0.2) is 0 Å². The second-order valence-electron chi connectivity index (χ2n) is 17.1. The average molecular weight is 865 g/mol. The van der Waals surface area contributed by atoms with Crippen molar-refractivity contribution in [1.82, 2.24) is 0 Å². The predicted molar refractivity (Wildman–Crippen MR) is 265 cm³/mol. The first-order valence-corrected chi connectivity index (χ1v) is 25.9. The highest BCUT2D eigenvalue weighted by molar-refractivity contribution is 5.71. The van der Waals surface area contributed by atoms with Crippen LogP contribution in [0.4, 0.5) is 0 Å². The summed E-state index contributed by atoms with van der Waals surface area (Å²) in [6.45, 7) is 6.43. The van der Waals surface area contributed by atoms with Crippen molar-refractivity contribution in [3.05, 3.63) is 72.9 Å². The number of carbonyl (C=O) groups is 3. The number of carbonyl (C=O) groups excluding carboxylic acids is 3. The number of unbranched alkanes of at least 4 members (excludes halogenated alkanes) is 23. The van der Waals surface area contributed by atoms with Crippen LogP contribution in [0.2, 0.25) is 0 Å². The Labute approximate surface area is 382 Å². The Balaban J connectivity index is 4.36. The fraction of sp³-hybridized carbons (Fsp3) is 0.732. The Bertz CT molecular complexity index is 1180. The van der Waals surface area contributed by atoms with Crippen molar-refractivity contribution in [2.45, 2.75) is 252 Å². The molecular formula is C56H96O6. The molecule has 0 aromatic carbocycles. The van der Waals surface area contributed by atoms with E-state index in [9.17, 15) is 14.4 Å². The molecule has 0 bridgehead atoms. The minimum absolute atomic E-state index is 0.104. The normalized spacial score (nSPS) is 12.6. The van der Waals surface area contributed by atoms with Crippen molar-refractivity contribution < 1.29 is 28.6 Å². The van der Waals surface area contributed by atoms with Gasteiger partial charge in [-0.1, -0.05) is 222 Å². The molecule has 0 aliphatic heterocycles. The molecule has 0 radical (unpaired) electrons. The second-order valence-corrected chi connectivity index (χ2v) is 17.1. The minimum Gasteiger partial charge on any atom is -0.462 e. The lowest BCUT2D eigenvalue weighted by molar-refractivity contribution is -0.166. The van der Waals surface area contributed by atoms with Gasteiger partial charge >= 0.3 is 17.9 Å². The summed E-state index contributed by atoms with van der Waals surface area (Å²) in [6.07, 6.45) is 63.4. The maximum absolute atomic E-state index is 12.7. The molecule has 0 aromatic heterocycles. The number of hydrogen-bond donors (Lipinski definition) is 0. The van der Waals surface area contributed by atoms with Crippen molar-refractivity contribution in [1.29, 1.82) is 0 Å². The molecule has 0 aliphatic rings. The third-order valence-corrected chi connectivity index (χ3v) is 11.0. The van der Waals surface area contributed by atoms with Gasteiger partial charge in [-0.2, -0.15) is 0 Å². The van der Waals surface area contributed by atoms with Crippen LogP contribution in [0.25, 0.3) is 0 Å². The Morgan fingerprint density at radius 1 is 0.339 bits per heavy atom. The minimum atomic E-state index is -0.812. The predicted octanol–water partition coefficient (Wildman–Crippen LogP) is 17.0. The third kappa shape index (κ3) is 47.9. The molecule has 0 heterocycles. The maximum atomic E-state index is 12.7. The van der Waals surface area contributed by atoms with E-state index in [1.54, 1.807) is 0 Å². The van der Waals surface area contributed by atoms with E-state index in [0.29, 0.717) is 19.3 Å². The summed E-state index contributed by atoms with van der Waals surface area (Å²) in [6, 6.07) is 0. The summed E-state index contributed by atoms with van der Waals surface area (Å²) >= 11 is 0. The number of ether oxygens (including phenoxy) is 3. The smallest absolute Gasteiger partial charge is 0.306 e. The van der Waals surface area contributed by atoms with Gasteiger partial charge in [0, 0.05) is 19.3 Å². The van der Waals surface area contributed by atoms with Crippen molar-refractivity contribution >= 4 is 17.9 Å². The number of esters is 3. The second kappa shape index (κ2) is 50.5. The fourth-order valence-electron chi connectivity index (χ4n) is 7.07. The van der Waals surface area contributed by atoms with E-state index in [4.69, 9.17) is 14.2 Å². The van der Waals surface area contributed by atoms with E-state index in [1.165, 1.54) is 128 Å². The average Bonchev–Trinajstić information content (AvgIpc) is 3.27. The molecule has 356 valence electrons. The number of allylic oxidation sites excluding steroid dienone is 12. The topological polar surface area (TPSA) is 78.9 Å². The summed E-state index contributed by atoms with van der Waals surface area (Å²) < 4.78 is 16.7. The first kappa shape index (κ1) is 58.9. The van der Waals surface area contributed by atoms with E-state index in [1.807, 2.05) is 12.2 Å². The summed E-state index contributed by atoms with van der Waals surface area (Å²) in [4.78, 5) is 37.8. The van der Waals surface area contributed by atoms with Crippen LogP contribution in [0.1, 0.15) is 245 Å². The zero-order valence-electron chi connectivity index (χ0n) is 40.6. The Kier molecular flexibility index (Phi) is 47.9. The van der Waals surface area contributed by atoms with Gasteiger partial charge in [0.15, 0.2) is 6.10 Å². The summed E-state index contributed by atoms with van der Waals surface area (Å²) in [5.41, 5.74) is 0. The van der Waals surface area contributed by atoms with Gasteiger partial charge in [0.2, 0.25) is 0 Å². The van der Waals surface area contributed by atoms with Crippen molar-refractivity contribution in [3.63, 3.8) is 0 Å². The maximum Gasteiger partial charge on any atom is 0.306 e. The van der Waals surface area contributed by atoms with Gasteiger partial charge in [-0.3, -0.25) is 14.4 Å². The van der Waals surface area contributed by atoms with Crippen LogP contribution in [0.5, 0.6) is 0 Å². The lowest BCUT2D eigenvalue weighted by Crippen LogP contribution is -2.30. The van der Waals surface area contributed by atoms with Gasteiger partial charge < -0.3 is 14.2 Å². The fourth-order valence-corrected chi connectivity index (χ4v) is 7.07. The van der Waals surface area contributed by atoms with Crippen LogP contribution in [-0.4, -0.2) is 37.2 Å². The molecule has 6 nitrogen and oxygen atoms in total. The first-order chi connectivity index (χ1) is 30.5. The number of rotatable bonds is 46. The Morgan fingerprint density at radius 3 is 1.05 bits per heavy atom. The highest BCUT2D eigenvalue weighted by atomic mass is 16.6. The zero-order chi connectivity index (χ0) is 45.1. The zero-order valence-corrected chi connectivity index (χ0v) is 40.6. The first-order valence-electron chi connectivity index (χ1n) is 25.9.